The second-order valence-electron chi connectivity index (χ2n) is 3.39. The average molecular weight is 255 g/mol. The summed E-state index contributed by atoms with van der Waals surface area (Å²) in [5.74, 6) is -0.300. The molecule has 96 valence electrons. The maximum Gasteiger partial charge on any atom is 0.335 e. The number of thiol groups is 1. The molecular weight excluding hydrogens is 234 g/mol. The predicted molar refractivity (Wildman–Crippen MR) is 74.9 cm³/mol. The van der Waals surface area contributed by atoms with Crippen LogP contribution in [0.3, 0.4) is 0 Å². The molecule has 0 N–H and O–H groups in total. The van der Waals surface area contributed by atoms with Crippen LogP contribution in [0, 0.1) is 0 Å². The first-order valence-corrected chi connectivity index (χ1v) is 6.02. The quantitative estimate of drug-likeness (QED) is 0.342. The van der Waals surface area contributed by atoms with Crippen molar-refractivity contribution in [3.63, 3.8) is 0 Å². The van der Waals surface area contributed by atoms with Gasteiger partial charge in [-0.3, -0.25) is 0 Å². The second-order valence-corrected chi connectivity index (χ2v) is 4.02. The largest absolute Gasteiger partial charge is 0.463 e. The zero-order valence-corrected chi connectivity index (χ0v) is 11.8. The van der Waals surface area contributed by atoms with Crippen LogP contribution >= 0.6 is 12.8 Å². The van der Waals surface area contributed by atoms with E-state index < -0.39 is 0 Å². The Balaban J connectivity index is 4.95. The normalized spacial score (nSPS) is 14.8. The highest BCUT2D eigenvalue weighted by Crippen LogP contribution is 2.14. The third-order valence-corrected chi connectivity index (χ3v) is 2.39. The van der Waals surface area contributed by atoms with E-state index in [9.17, 15) is 4.79 Å². The van der Waals surface area contributed by atoms with Crippen molar-refractivity contribution < 1.29 is 9.53 Å². The molecular formula is C13H21NO2S. The Labute approximate surface area is 109 Å². The Kier molecular flexibility index (Phi) is 8.54. The molecule has 0 fully saturated rings. The van der Waals surface area contributed by atoms with Crippen LogP contribution in [-0.2, 0) is 9.53 Å². The lowest BCUT2D eigenvalue weighted by atomic mass is 10.1. The fourth-order valence-corrected chi connectivity index (χ4v) is 1.54. The summed E-state index contributed by atoms with van der Waals surface area (Å²) in [5, 5.41) is 0. The topological polar surface area (TPSA) is 29.5 Å². The maximum absolute atomic E-state index is 11.7. The van der Waals surface area contributed by atoms with Crippen molar-refractivity contribution in [3.8, 4) is 0 Å². The van der Waals surface area contributed by atoms with Crippen LogP contribution in [0.15, 0.2) is 36.0 Å². The minimum atomic E-state index is -0.300. The van der Waals surface area contributed by atoms with Crippen molar-refractivity contribution in [1.29, 1.82) is 0 Å². The molecule has 0 aromatic carbocycles. The molecule has 0 saturated heterocycles. The number of carbonyl (C=O) groups excluding carboxylic acids is 1. The first-order valence-electron chi connectivity index (χ1n) is 5.62. The van der Waals surface area contributed by atoms with Crippen LogP contribution in [0.2, 0.25) is 0 Å². The number of allylic oxidation sites excluding steroid dienone is 4. The van der Waals surface area contributed by atoms with Gasteiger partial charge in [0.1, 0.15) is 0 Å². The van der Waals surface area contributed by atoms with Crippen LogP contribution in [0.5, 0.6) is 0 Å². The Hall–Kier alpha value is -1.00. The maximum atomic E-state index is 11.7. The first-order chi connectivity index (χ1) is 8.08. The second kappa shape index (κ2) is 9.07. The molecule has 0 heterocycles. The summed E-state index contributed by atoms with van der Waals surface area (Å²) in [4.78, 5) is 11.7. The molecule has 1 atom stereocenters. The lowest BCUT2D eigenvalue weighted by molar-refractivity contribution is -0.138. The minimum Gasteiger partial charge on any atom is -0.463 e. The van der Waals surface area contributed by atoms with Crippen LogP contribution < -0.4 is 0 Å². The predicted octanol–water partition coefficient (Wildman–Crippen LogP) is 2.77. The van der Waals surface area contributed by atoms with Gasteiger partial charge in [0.15, 0.2) is 0 Å². The van der Waals surface area contributed by atoms with E-state index in [1.807, 2.05) is 38.2 Å². The summed E-state index contributed by atoms with van der Waals surface area (Å²) in [6.07, 6.45) is 9.38. The smallest absolute Gasteiger partial charge is 0.335 e. The summed E-state index contributed by atoms with van der Waals surface area (Å²) < 4.78 is 6.69. The molecule has 0 aliphatic heterocycles. The van der Waals surface area contributed by atoms with E-state index in [0.29, 0.717) is 12.2 Å². The third kappa shape index (κ3) is 5.75. The van der Waals surface area contributed by atoms with Crippen molar-refractivity contribution in [3.05, 3.63) is 36.0 Å². The average Bonchev–Trinajstić information content (AvgIpc) is 2.28. The van der Waals surface area contributed by atoms with Crippen LogP contribution in [0.1, 0.15) is 20.8 Å². The number of esters is 1. The fraction of sp³-hybridized carbons (Fsp3) is 0.462. The molecule has 0 spiro atoms. The standard InChI is InChI=1S/C13H21NO2S/c1-5-8-9-10-12(14(4)17)11(6-2)13(15)16-7-3/h5-6,8-10,12,17H,7H2,1-4H3/b8-5+,10-9+,11-6+. The minimum absolute atomic E-state index is 0.196. The summed E-state index contributed by atoms with van der Waals surface area (Å²) in [6.45, 7) is 5.92. The van der Waals surface area contributed by atoms with Gasteiger partial charge in [-0.2, -0.15) is 0 Å². The molecule has 0 aliphatic rings. The Morgan fingerprint density at radius 1 is 1.41 bits per heavy atom. The summed E-state index contributed by atoms with van der Waals surface area (Å²) in [6, 6.07) is -0.196. The lowest BCUT2D eigenvalue weighted by Crippen LogP contribution is -2.28. The van der Waals surface area contributed by atoms with E-state index in [1.165, 1.54) is 0 Å². The molecule has 0 aromatic rings. The summed E-state index contributed by atoms with van der Waals surface area (Å²) >= 11 is 4.26. The van der Waals surface area contributed by atoms with Gasteiger partial charge in [0.2, 0.25) is 0 Å². The van der Waals surface area contributed by atoms with E-state index in [4.69, 9.17) is 4.74 Å². The van der Waals surface area contributed by atoms with Gasteiger partial charge >= 0.3 is 5.97 Å². The molecule has 0 bridgehead atoms. The number of ether oxygens (including phenoxy) is 1. The molecule has 17 heavy (non-hydrogen) atoms. The van der Waals surface area contributed by atoms with E-state index >= 15 is 0 Å². The molecule has 0 aliphatic carbocycles. The summed E-state index contributed by atoms with van der Waals surface area (Å²) in [7, 11) is 1.80. The zero-order valence-electron chi connectivity index (χ0n) is 10.9. The van der Waals surface area contributed by atoms with Gasteiger partial charge in [-0.05, 0) is 27.8 Å². The van der Waals surface area contributed by atoms with Crippen molar-refractivity contribution in [2.45, 2.75) is 26.8 Å². The van der Waals surface area contributed by atoms with E-state index in [2.05, 4.69) is 12.8 Å². The Morgan fingerprint density at radius 3 is 2.47 bits per heavy atom. The van der Waals surface area contributed by atoms with E-state index in [-0.39, 0.29) is 12.0 Å². The zero-order chi connectivity index (χ0) is 13.3. The monoisotopic (exact) mass is 255 g/mol. The van der Waals surface area contributed by atoms with Gasteiger partial charge in [0.25, 0.3) is 0 Å². The van der Waals surface area contributed by atoms with Gasteiger partial charge in [-0.15, -0.1) is 0 Å². The lowest BCUT2D eigenvalue weighted by Gasteiger charge is -2.21. The molecule has 0 aromatic heterocycles. The van der Waals surface area contributed by atoms with Gasteiger partial charge in [0.05, 0.1) is 18.2 Å². The number of hydrogen-bond acceptors (Lipinski definition) is 4. The Bertz CT molecular complexity index is 319. The number of carbonyl (C=O) groups is 1. The highest BCUT2D eigenvalue weighted by molar-refractivity contribution is 7.77. The molecule has 1 unspecified atom stereocenters. The van der Waals surface area contributed by atoms with Crippen LogP contribution in [-0.4, -0.2) is 30.0 Å². The SMILES string of the molecule is C/C=C/C=C/C(/C(=C\C)C(=O)OCC)N(C)S. The van der Waals surface area contributed by atoms with Crippen molar-refractivity contribution in [2.75, 3.05) is 13.7 Å². The van der Waals surface area contributed by atoms with Gasteiger partial charge in [-0.1, -0.05) is 43.2 Å². The van der Waals surface area contributed by atoms with E-state index in [0.717, 1.165) is 0 Å². The number of nitrogens with zero attached hydrogens (tertiary/aromatic N) is 1. The van der Waals surface area contributed by atoms with Crippen LogP contribution in [0.4, 0.5) is 0 Å². The van der Waals surface area contributed by atoms with Gasteiger partial charge in [0, 0.05) is 0 Å². The highest BCUT2D eigenvalue weighted by Gasteiger charge is 2.21. The molecule has 0 rings (SSSR count). The molecule has 0 amide bonds. The highest BCUT2D eigenvalue weighted by atomic mass is 32.1. The van der Waals surface area contributed by atoms with Crippen LogP contribution in [0.25, 0.3) is 0 Å². The fourth-order valence-electron chi connectivity index (χ4n) is 1.33. The summed E-state index contributed by atoms with van der Waals surface area (Å²) in [5.41, 5.74) is 0.588. The Morgan fingerprint density at radius 2 is 2.06 bits per heavy atom. The first kappa shape index (κ1) is 16.0. The molecule has 0 saturated carbocycles. The molecule has 4 heteroatoms. The van der Waals surface area contributed by atoms with Crippen molar-refractivity contribution in [1.82, 2.24) is 4.31 Å². The number of rotatable bonds is 6. The number of likely N-dealkylation sites (N-methyl/N-ethyl adjacent to an activating group) is 1. The molecule has 0 radical (unpaired) electrons. The van der Waals surface area contributed by atoms with Gasteiger partial charge < -0.3 is 4.74 Å². The van der Waals surface area contributed by atoms with E-state index in [1.54, 1.807) is 24.4 Å². The third-order valence-electron chi connectivity index (χ3n) is 2.14. The van der Waals surface area contributed by atoms with Crippen molar-refractivity contribution >= 4 is 18.8 Å². The van der Waals surface area contributed by atoms with Gasteiger partial charge in [-0.25, -0.2) is 9.10 Å². The van der Waals surface area contributed by atoms with Crippen molar-refractivity contribution in [2.24, 2.45) is 0 Å². The number of hydrogen-bond donors (Lipinski definition) is 1. The molecule has 3 nitrogen and oxygen atoms in total.